The largest absolute Gasteiger partial charge is 0.400 e. The Hall–Kier alpha value is 0.493. The van der Waals surface area contributed by atoms with Crippen molar-refractivity contribution in [3.63, 3.8) is 0 Å². The van der Waals surface area contributed by atoms with Crippen LogP contribution in [0.1, 0.15) is 0 Å². The van der Waals surface area contributed by atoms with Gasteiger partial charge in [-0.2, -0.15) is 0 Å². The van der Waals surface area contributed by atoms with Crippen LogP contribution < -0.4 is 10.9 Å². The smallest absolute Gasteiger partial charge is 0.193 e. The molecule has 0 saturated heterocycles. The number of aliphatic hydroxyl groups excluding tert-OH is 1. The maximum absolute atomic E-state index is 7.00. The molecule has 0 aromatic heterocycles. The second-order valence-electron chi connectivity index (χ2n) is 3.18. The first-order valence-electron chi connectivity index (χ1n) is 4.76. The van der Waals surface area contributed by atoms with E-state index in [1.54, 1.807) is 0 Å². The van der Waals surface area contributed by atoms with Gasteiger partial charge in [0.1, 0.15) is 0 Å². The van der Waals surface area contributed by atoms with Crippen molar-refractivity contribution in [2.24, 2.45) is 0 Å². The molecule has 3 radical (unpaired) electrons. The van der Waals surface area contributed by atoms with Gasteiger partial charge in [-0.05, 0) is 23.3 Å². The van der Waals surface area contributed by atoms with E-state index in [4.69, 9.17) is 5.11 Å². The summed E-state index contributed by atoms with van der Waals surface area (Å²) in [5.41, 5.74) is 5.13. The maximum atomic E-state index is 7.00. The van der Waals surface area contributed by atoms with Crippen LogP contribution >= 0.6 is 0 Å². The topological polar surface area (TPSA) is 20.2 Å². The third kappa shape index (κ3) is 3.73. The van der Waals surface area contributed by atoms with Crippen molar-refractivity contribution in [1.82, 2.24) is 0 Å². The van der Waals surface area contributed by atoms with Crippen LogP contribution in [0.15, 0.2) is 36.4 Å². The minimum atomic E-state index is 0. The van der Waals surface area contributed by atoms with Crippen molar-refractivity contribution in [3.05, 3.63) is 48.5 Å². The quantitative estimate of drug-likeness (QED) is 0.572. The van der Waals surface area contributed by atoms with Crippen LogP contribution in [-0.2, 0) is 65.4 Å². The van der Waals surface area contributed by atoms with Gasteiger partial charge in [-0.15, -0.1) is 0 Å². The van der Waals surface area contributed by atoms with Crippen molar-refractivity contribution >= 4 is 18.2 Å². The van der Waals surface area contributed by atoms with Gasteiger partial charge in [0.25, 0.3) is 0 Å². The van der Waals surface area contributed by atoms with Gasteiger partial charge >= 0.3 is 0 Å². The molecule has 77 valence electrons. The third-order valence-corrected chi connectivity index (χ3v) is 2.40. The average molecular weight is 371 g/mol. The van der Waals surface area contributed by atoms with Gasteiger partial charge in [-0.25, -0.2) is 0 Å². The second-order valence-corrected chi connectivity index (χ2v) is 3.18. The van der Waals surface area contributed by atoms with Gasteiger partial charge in [-0.3, -0.25) is 0 Å². The zero-order valence-corrected chi connectivity index (χ0v) is 15.3. The van der Waals surface area contributed by atoms with Crippen molar-refractivity contribution in [1.29, 1.82) is 0 Å². The molecule has 1 aliphatic heterocycles. The summed E-state index contributed by atoms with van der Waals surface area (Å²) in [6.45, 7) is 0. The molecule has 1 nitrogen and oxygen atoms in total. The Morgan fingerprint density at radius 1 is 0.882 bits per heavy atom. The number of fused-ring (bicyclic) bond motifs is 3. The molecule has 0 aliphatic carbocycles. The molecule has 1 N–H and O–H groups in total. The van der Waals surface area contributed by atoms with Crippen LogP contribution in [0.2, 0.25) is 0 Å². The normalized spacial score (nSPS) is 8.82. The van der Waals surface area contributed by atoms with Gasteiger partial charge in [-0.1, -0.05) is 47.3 Å². The molecule has 17 heavy (non-hydrogen) atoms. The van der Waals surface area contributed by atoms with Crippen LogP contribution in [-0.4, -0.2) is 19.5 Å². The number of benzene rings is 1. The van der Waals surface area contributed by atoms with Crippen LogP contribution in [0.4, 0.5) is 0 Å². The van der Waals surface area contributed by atoms with Crippen LogP contribution in [0.5, 0.6) is 0 Å². The van der Waals surface area contributed by atoms with Crippen molar-refractivity contribution in [3.8, 4) is 11.1 Å². The van der Waals surface area contributed by atoms with Crippen LogP contribution in [0.3, 0.4) is 0 Å². The molecular weight excluding hydrogens is 361 g/mol. The third-order valence-electron chi connectivity index (χ3n) is 2.40. The summed E-state index contributed by atoms with van der Waals surface area (Å²) >= 11 is 0. The van der Waals surface area contributed by atoms with E-state index >= 15 is 0 Å². The predicted octanol–water partition coefficient (Wildman–Crippen LogP) is 0.526. The van der Waals surface area contributed by atoms with Crippen molar-refractivity contribution < 1.29 is 70.5 Å². The minimum Gasteiger partial charge on any atom is -0.400 e. The Bertz CT molecular complexity index is 431. The monoisotopic (exact) mass is 371 g/mol. The Morgan fingerprint density at radius 3 is 2.29 bits per heavy atom. The van der Waals surface area contributed by atoms with Crippen LogP contribution in [0.25, 0.3) is 11.1 Å². The first kappa shape index (κ1) is 17.5. The van der Waals surface area contributed by atoms with E-state index in [1.165, 1.54) is 22.1 Å². The summed E-state index contributed by atoms with van der Waals surface area (Å²) < 4.78 is 0. The van der Waals surface area contributed by atoms with E-state index in [1.807, 2.05) is 12.1 Å². The molecular formula is C13H10BOY2. The molecule has 3 rings (SSSR count). The molecule has 0 unspecified atom stereocenters. The fraction of sp³-hybridized carbons (Fsp3) is 0.0769. The van der Waals surface area contributed by atoms with E-state index < -0.39 is 0 Å². The second kappa shape index (κ2) is 8.57. The number of rotatable bonds is 0. The van der Waals surface area contributed by atoms with E-state index in [-0.39, 0.29) is 65.4 Å². The molecule has 0 atom stereocenters. The predicted molar refractivity (Wildman–Crippen MR) is 62.7 cm³/mol. The van der Waals surface area contributed by atoms with Crippen molar-refractivity contribution in [2.75, 3.05) is 7.11 Å². The Balaban J connectivity index is 0.000000611. The fourth-order valence-electron chi connectivity index (χ4n) is 1.78. The zero-order valence-electron chi connectivity index (χ0n) is 9.64. The SMILES string of the molecule is CO.[B]1c2cc#ccc2-c2ccccc21.[Y].[Y]. The summed E-state index contributed by atoms with van der Waals surface area (Å²) in [4.78, 5) is 0. The van der Waals surface area contributed by atoms with E-state index in [0.29, 0.717) is 0 Å². The summed E-state index contributed by atoms with van der Waals surface area (Å²) in [6, 6.07) is 18.3. The first-order valence-corrected chi connectivity index (χ1v) is 4.76. The Labute approximate surface area is 153 Å². The Morgan fingerprint density at radius 2 is 1.53 bits per heavy atom. The molecule has 0 amide bonds. The summed E-state index contributed by atoms with van der Waals surface area (Å²) in [5.74, 6) is 0. The molecule has 0 spiro atoms. The van der Waals surface area contributed by atoms with Crippen molar-refractivity contribution in [2.45, 2.75) is 0 Å². The minimum absolute atomic E-state index is 0. The standard InChI is InChI=1S/C12H6B.CH4O.2Y/c1-3-7-11-9(5-1)10-6-2-4-8-12(10)13-11;1-2;;/h1,3,5-8H;2H,1H3;;. The van der Waals surface area contributed by atoms with Gasteiger partial charge in [0.15, 0.2) is 7.28 Å². The zero-order chi connectivity index (χ0) is 10.7. The number of aliphatic hydroxyl groups is 1. The molecule has 1 aliphatic rings. The van der Waals surface area contributed by atoms with E-state index in [2.05, 4.69) is 43.7 Å². The molecule has 4 heteroatoms. The molecule has 0 bridgehead atoms. The fourth-order valence-corrected chi connectivity index (χ4v) is 1.78. The molecule has 2 aromatic rings. The molecule has 2 aromatic carbocycles. The maximum Gasteiger partial charge on any atom is 0.193 e. The number of hydrogen-bond donors (Lipinski definition) is 1. The summed E-state index contributed by atoms with van der Waals surface area (Å²) in [7, 11) is 3.19. The van der Waals surface area contributed by atoms with E-state index in [9.17, 15) is 0 Å². The van der Waals surface area contributed by atoms with Gasteiger partial charge in [0, 0.05) is 72.5 Å². The average Bonchev–Trinajstić information content (AvgIpc) is 2.70. The Kier molecular flexibility index (Phi) is 8.82. The summed E-state index contributed by atoms with van der Waals surface area (Å²) in [6.07, 6.45) is 0. The molecule has 1 heterocycles. The van der Waals surface area contributed by atoms with Gasteiger partial charge in [0.05, 0.1) is 0 Å². The van der Waals surface area contributed by atoms with E-state index in [0.717, 1.165) is 7.11 Å². The summed E-state index contributed by atoms with van der Waals surface area (Å²) in [5, 5.41) is 7.00. The van der Waals surface area contributed by atoms with Crippen LogP contribution in [0, 0.1) is 12.1 Å². The molecule has 0 saturated carbocycles. The molecule has 0 fully saturated rings. The first-order chi connectivity index (χ1) is 7.45. The number of hydrogen-bond acceptors (Lipinski definition) is 1. The van der Waals surface area contributed by atoms with Gasteiger partial charge in [0.2, 0.25) is 0 Å². The van der Waals surface area contributed by atoms with Gasteiger partial charge < -0.3 is 5.11 Å².